The Morgan fingerprint density at radius 1 is 1.14 bits per heavy atom. The minimum absolute atomic E-state index is 0.209. The SMILES string of the molecule is Cc1ccc2nc(CC(C)c3cc4ncnn4cn3)nn2c1. The molecule has 1 atom stereocenters. The van der Waals surface area contributed by atoms with E-state index in [1.54, 1.807) is 10.8 Å². The number of fused-ring (bicyclic) bond motifs is 2. The number of hydrogen-bond acceptors (Lipinski definition) is 5. The number of pyridine rings is 1. The normalized spacial score (nSPS) is 13.0. The molecule has 0 radical (unpaired) electrons. The van der Waals surface area contributed by atoms with Gasteiger partial charge in [0.2, 0.25) is 0 Å². The zero-order chi connectivity index (χ0) is 15.1. The lowest BCUT2D eigenvalue weighted by atomic mass is 10.0. The molecule has 0 spiro atoms. The summed E-state index contributed by atoms with van der Waals surface area (Å²) in [6.45, 7) is 4.16. The molecule has 0 bridgehead atoms. The maximum absolute atomic E-state index is 4.56. The topological polar surface area (TPSA) is 73.3 Å². The molecule has 110 valence electrons. The molecule has 0 aliphatic carbocycles. The van der Waals surface area contributed by atoms with Gasteiger partial charge in [-0.3, -0.25) is 0 Å². The smallest absolute Gasteiger partial charge is 0.158 e. The first-order chi connectivity index (χ1) is 10.7. The zero-order valence-electron chi connectivity index (χ0n) is 12.4. The summed E-state index contributed by atoms with van der Waals surface area (Å²) in [5.74, 6) is 1.03. The van der Waals surface area contributed by atoms with Crippen molar-refractivity contribution in [1.29, 1.82) is 0 Å². The Morgan fingerprint density at radius 2 is 2.05 bits per heavy atom. The van der Waals surface area contributed by atoms with E-state index < -0.39 is 0 Å². The fourth-order valence-corrected chi connectivity index (χ4v) is 2.51. The molecule has 7 heteroatoms. The number of aromatic nitrogens is 7. The van der Waals surface area contributed by atoms with E-state index in [1.807, 2.05) is 35.8 Å². The summed E-state index contributed by atoms with van der Waals surface area (Å²) in [4.78, 5) is 13.2. The minimum atomic E-state index is 0.209. The van der Waals surface area contributed by atoms with Crippen LogP contribution in [0.25, 0.3) is 11.3 Å². The summed E-state index contributed by atoms with van der Waals surface area (Å²) in [6.07, 6.45) is 5.93. The van der Waals surface area contributed by atoms with Gasteiger partial charge in [-0.1, -0.05) is 13.0 Å². The average Bonchev–Trinajstić information content (AvgIpc) is 3.11. The van der Waals surface area contributed by atoms with Crippen LogP contribution < -0.4 is 0 Å². The summed E-state index contributed by atoms with van der Waals surface area (Å²) in [5, 5.41) is 8.59. The van der Waals surface area contributed by atoms with Gasteiger partial charge in [0.15, 0.2) is 17.1 Å². The van der Waals surface area contributed by atoms with Crippen LogP contribution in [0.15, 0.2) is 37.1 Å². The average molecular weight is 293 g/mol. The van der Waals surface area contributed by atoms with Crippen LogP contribution in [0.2, 0.25) is 0 Å². The van der Waals surface area contributed by atoms with Gasteiger partial charge < -0.3 is 0 Å². The standard InChI is InChI=1S/C15H15N7/c1-10-3-4-14-19-13(20-21(14)7-10)5-11(2)12-6-15-16-8-18-22(15)9-17-12/h3-4,6-9,11H,5H2,1-2H3. The highest BCUT2D eigenvalue weighted by atomic mass is 15.3. The van der Waals surface area contributed by atoms with Crippen LogP contribution in [0.4, 0.5) is 0 Å². The van der Waals surface area contributed by atoms with E-state index in [0.717, 1.165) is 34.8 Å². The molecule has 0 aliphatic rings. The Bertz CT molecular complexity index is 953. The largest absolute Gasteiger partial charge is 0.241 e. The first-order valence-corrected chi connectivity index (χ1v) is 7.16. The second-order valence-electron chi connectivity index (χ2n) is 5.52. The maximum atomic E-state index is 4.56. The molecule has 4 heterocycles. The summed E-state index contributed by atoms with van der Waals surface area (Å²) < 4.78 is 3.48. The highest BCUT2D eigenvalue weighted by molar-refractivity contribution is 5.39. The molecule has 0 saturated carbocycles. The van der Waals surface area contributed by atoms with Crippen LogP contribution in [0, 0.1) is 6.92 Å². The van der Waals surface area contributed by atoms with Gasteiger partial charge in [-0.15, -0.1) is 0 Å². The monoisotopic (exact) mass is 293 g/mol. The van der Waals surface area contributed by atoms with Crippen molar-refractivity contribution >= 4 is 11.3 Å². The van der Waals surface area contributed by atoms with Crippen molar-refractivity contribution in [1.82, 2.24) is 34.2 Å². The molecule has 0 N–H and O–H groups in total. The van der Waals surface area contributed by atoms with E-state index in [-0.39, 0.29) is 5.92 Å². The Kier molecular flexibility index (Phi) is 2.85. The molecular formula is C15H15N7. The second kappa shape index (κ2) is 4.87. The molecule has 0 saturated heterocycles. The molecule has 0 fully saturated rings. The summed E-state index contributed by atoms with van der Waals surface area (Å²) in [5.41, 5.74) is 3.80. The number of rotatable bonds is 3. The van der Waals surface area contributed by atoms with E-state index >= 15 is 0 Å². The van der Waals surface area contributed by atoms with Gasteiger partial charge in [-0.2, -0.15) is 10.2 Å². The first kappa shape index (κ1) is 12.9. The van der Waals surface area contributed by atoms with E-state index in [1.165, 1.54) is 6.33 Å². The van der Waals surface area contributed by atoms with Crippen LogP contribution in [-0.2, 0) is 6.42 Å². The van der Waals surface area contributed by atoms with E-state index in [0.29, 0.717) is 0 Å². The molecule has 4 aromatic rings. The van der Waals surface area contributed by atoms with Gasteiger partial charge in [0.1, 0.15) is 12.7 Å². The van der Waals surface area contributed by atoms with Gasteiger partial charge in [-0.05, 0) is 18.6 Å². The van der Waals surface area contributed by atoms with Gasteiger partial charge in [0.25, 0.3) is 0 Å². The fourth-order valence-electron chi connectivity index (χ4n) is 2.51. The maximum Gasteiger partial charge on any atom is 0.158 e. The molecule has 0 aliphatic heterocycles. The van der Waals surface area contributed by atoms with E-state index in [2.05, 4.69) is 32.1 Å². The first-order valence-electron chi connectivity index (χ1n) is 7.16. The van der Waals surface area contributed by atoms with Crippen LogP contribution >= 0.6 is 0 Å². The summed E-state index contributed by atoms with van der Waals surface area (Å²) in [6, 6.07) is 5.98. The number of aryl methyl sites for hydroxylation is 1. The van der Waals surface area contributed by atoms with Gasteiger partial charge in [0, 0.05) is 30.3 Å². The molecule has 4 aromatic heterocycles. The lowest BCUT2D eigenvalue weighted by molar-refractivity contribution is 0.688. The highest BCUT2D eigenvalue weighted by Crippen LogP contribution is 2.18. The van der Waals surface area contributed by atoms with Crippen molar-refractivity contribution in [2.24, 2.45) is 0 Å². The van der Waals surface area contributed by atoms with Crippen molar-refractivity contribution in [3.05, 3.63) is 54.1 Å². The minimum Gasteiger partial charge on any atom is -0.241 e. The second-order valence-corrected chi connectivity index (χ2v) is 5.52. The Hall–Kier alpha value is -2.83. The molecular weight excluding hydrogens is 278 g/mol. The van der Waals surface area contributed by atoms with Crippen LogP contribution in [-0.4, -0.2) is 34.2 Å². The third-order valence-electron chi connectivity index (χ3n) is 3.71. The number of nitrogens with zero attached hydrogens (tertiary/aromatic N) is 7. The molecule has 0 aromatic carbocycles. The van der Waals surface area contributed by atoms with Crippen molar-refractivity contribution in [3.63, 3.8) is 0 Å². The van der Waals surface area contributed by atoms with Crippen molar-refractivity contribution in [3.8, 4) is 0 Å². The third-order valence-corrected chi connectivity index (χ3v) is 3.71. The Morgan fingerprint density at radius 3 is 2.95 bits per heavy atom. The Balaban J connectivity index is 1.62. The lowest BCUT2D eigenvalue weighted by Gasteiger charge is -2.08. The van der Waals surface area contributed by atoms with Gasteiger partial charge in [0.05, 0.1) is 0 Å². The summed E-state index contributed by atoms with van der Waals surface area (Å²) in [7, 11) is 0. The fraction of sp³-hybridized carbons (Fsp3) is 0.267. The van der Waals surface area contributed by atoms with E-state index in [4.69, 9.17) is 0 Å². The quantitative estimate of drug-likeness (QED) is 0.576. The molecule has 1 unspecified atom stereocenters. The predicted octanol–water partition coefficient (Wildman–Crippen LogP) is 1.82. The molecule has 0 amide bonds. The molecule has 7 nitrogen and oxygen atoms in total. The van der Waals surface area contributed by atoms with Crippen molar-refractivity contribution in [2.75, 3.05) is 0 Å². The van der Waals surface area contributed by atoms with Gasteiger partial charge in [-0.25, -0.2) is 24.0 Å². The highest BCUT2D eigenvalue weighted by Gasteiger charge is 2.13. The Labute approximate surface area is 126 Å². The third kappa shape index (κ3) is 2.20. The van der Waals surface area contributed by atoms with Crippen molar-refractivity contribution < 1.29 is 0 Å². The number of hydrogen-bond donors (Lipinski definition) is 0. The van der Waals surface area contributed by atoms with Gasteiger partial charge >= 0.3 is 0 Å². The van der Waals surface area contributed by atoms with Crippen LogP contribution in [0.1, 0.15) is 29.9 Å². The van der Waals surface area contributed by atoms with Crippen molar-refractivity contribution in [2.45, 2.75) is 26.2 Å². The molecule has 4 rings (SSSR count). The van der Waals surface area contributed by atoms with E-state index in [9.17, 15) is 0 Å². The predicted molar refractivity (Wildman–Crippen MR) is 80.6 cm³/mol. The lowest BCUT2D eigenvalue weighted by Crippen LogP contribution is -2.04. The van der Waals surface area contributed by atoms with Crippen LogP contribution in [0.3, 0.4) is 0 Å². The molecule has 22 heavy (non-hydrogen) atoms. The summed E-state index contributed by atoms with van der Waals surface area (Å²) >= 11 is 0. The zero-order valence-corrected chi connectivity index (χ0v) is 12.4. The van der Waals surface area contributed by atoms with Crippen LogP contribution in [0.5, 0.6) is 0 Å².